The van der Waals surface area contributed by atoms with Crippen LogP contribution < -0.4 is 15.0 Å². The Morgan fingerprint density at radius 3 is 2.45 bits per heavy atom. The van der Waals surface area contributed by atoms with Crippen LogP contribution in [-0.4, -0.2) is 36.5 Å². The predicted molar refractivity (Wildman–Crippen MR) is 126 cm³/mol. The topological polar surface area (TPSA) is 84.9 Å². The number of carbonyl (C=O) groups is 3. The molecule has 33 heavy (non-hydrogen) atoms. The first kappa shape index (κ1) is 23.4. The first-order valence-electron chi connectivity index (χ1n) is 11.6. The van der Waals surface area contributed by atoms with Gasteiger partial charge in [0.05, 0.1) is 36.8 Å². The molecule has 1 N–H and O–H groups in total. The number of thiophene rings is 1. The average molecular weight is 471 g/mol. The summed E-state index contributed by atoms with van der Waals surface area (Å²) in [5.74, 6) is -1.93. The summed E-state index contributed by atoms with van der Waals surface area (Å²) in [6.07, 6.45) is 2.02. The Morgan fingerprint density at radius 1 is 1.09 bits per heavy atom. The first-order valence-corrected chi connectivity index (χ1v) is 12.4. The van der Waals surface area contributed by atoms with Crippen molar-refractivity contribution in [3.05, 3.63) is 46.7 Å². The van der Waals surface area contributed by atoms with Gasteiger partial charge in [-0.2, -0.15) is 0 Å². The molecule has 3 heterocycles. The number of unbranched alkanes of at least 4 members (excludes halogenated alkanes) is 1. The van der Waals surface area contributed by atoms with Crippen molar-refractivity contribution >= 4 is 34.8 Å². The lowest BCUT2D eigenvalue weighted by Gasteiger charge is -2.32. The summed E-state index contributed by atoms with van der Waals surface area (Å²) in [4.78, 5) is 43.1. The van der Waals surface area contributed by atoms with E-state index in [1.165, 1.54) is 16.2 Å². The van der Waals surface area contributed by atoms with Crippen molar-refractivity contribution in [2.45, 2.75) is 51.6 Å². The molecule has 0 spiro atoms. The van der Waals surface area contributed by atoms with Gasteiger partial charge in [-0.1, -0.05) is 25.8 Å². The van der Waals surface area contributed by atoms with Gasteiger partial charge in [0.15, 0.2) is 0 Å². The number of amides is 2. The van der Waals surface area contributed by atoms with Crippen LogP contribution in [0, 0.1) is 11.8 Å². The SMILES string of the molecule is CCCC[C@@]1(C(=O)OCC)N[C@@H](c2cccs2)[C@H]2C(=O)N(c3ccc(OCC)cc3)C(=O)[C@H]21. The van der Waals surface area contributed by atoms with Gasteiger partial charge in [-0.3, -0.25) is 19.7 Å². The van der Waals surface area contributed by atoms with Gasteiger partial charge in [0.2, 0.25) is 11.8 Å². The second-order valence-corrected chi connectivity index (χ2v) is 9.35. The number of nitrogens with one attached hydrogen (secondary N) is 1. The molecule has 176 valence electrons. The van der Waals surface area contributed by atoms with E-state index in [1.807, 2.05) is 31.4 Å². The molecule has 0 radical (unpaired) electrons. The zero-order valence-corrected chi connectivity index (χ0v) is 20.0. The van der Waals surface area contributed by atoms with Crippen molar-refractivity contribution in [3.8, 4) is 5.75 Å². The second kappa shape index (κ2) is 9.65. The number of hydrogen-bond acceptors (Lipinski definition) is 7. The Hall–Kier alpha value is -2.71. The molecular formula is C25H30N2O5S. The third-order valence-corrected chi connectivity index (χ3v) is 7.43. The highest BCUT2D eigenvalue weighted by Crippen LogP contribution is 2.52. The molecule has 4 rings (SSSR count). The Morgan fingerprint density at radius 2 is 1.85 bits per heavy atom. The van der Waals surface area contributed by atoms with Gasteiger partial charge in [0.25, 0.3) is 0 Å². The summed E-state index contributed by atoms with van der Waals surface area (Å²) in [6.45, 7) is 6.42. The minimum Gasteiger partial charge on any atom is -0.494 e. The van der Waals surface area contributed by atoms with Gasteiger partial charge in [0, 0.05) is 4.88 Å². The van der Waals surface area contributed by atoms with Gasteiger partial charge in [-0.15, -0.1) is 11.3 Å². The van der Waals surface area contributed by atoms with Crippen LogP contribution in [0.15, 0.2) is 41.8 Å². The van der Waals surface area contributed by atoms with Crippen molar-refractivity contribution in [2.24, 2.45) is 11.8 Å². The number of imide groups is 1. The molecule has 7 nitrogen and oxygen atoms in total. The Labute approximate surface area is 198 Å². The number of benzene rings is 1. The number of esters is 1. The van der Waals surface area contributed by atoms with Gasteiger partial charge >= 0.3 is 5.97 Å². The molecule has 2 fully saturated rings. The number of rotatable bonds is 9. The maximum absolute atomic E-state index is 13.8. The third-order valence-electron chi connectivity index (χ3n) is 6.47. The maximum atomic E-state index is 13.8. The smallest absolute Gasteiger partial charge is 0.327 e. The summed E-state index contributed by atoms with van der Waals surface area (Å²) in [7, 11) is 0. The molecule has 0 unspecified atom stereocenters. The standard InChI is InChI=1S/C25H30N2O5S/c1-4-7-14-25(24(30)32-6-3)20-19(21(26-25)18-9-8-15-33-18)22(28)27(23(20)29)16-10-12-17(13-11-16)31-5-2/h8-13,15,19-21,26H,4-7,14H2,1-3H3/t19-,20-,21-,25+/m0/s1. The largest absolute Gasteiger partial charge is 0.494 e. The fraction of sp³-hybridized carbons (Fsp3) is 0.480. The molecule has 2 amide bonds. The highest BCUT2D eigenvalue weighted by atomic mass is 32.1. The van der Waals surface area contributed by atoms with Gasteiger partial charge in [-0.05, 0) is 56.0 Å². The quantitative estimate of drug-likeness (QED) is 0.439. The number of anilines is 1. The van der Waals surface area contributed by atoms with E-state index in [9.17, 15) is 14.4 Å². The minimum atomic E-state index is -1.24. The molecule has 0 aliphatic carbocycles. The first-order chi connectivity index (χ1) is 16.0. The van der Waals surface area contributed by atoms with Crippen molar-refractivity contribution in [1.29, 1.82) is 0 Å². The molecule has 0 bridgehead atoms. The van der Waals surface area contributed by atoms with Crippen LogP contribution in [0.2, 0.25) is 0 Å². The molecular weight excluding hydrogens is 440 g/mol. The molecule has 2 saturated heterocycles. The third kappa shape index (κ3) is 3.95. The van der Waals surface area contributed by atoms with E-state index >= 15 is 0 Å². The normalized spacial score (nSPS) is 26.5. The van der Waals surface area contributed by atoms with Gasteiger partial charge < -0.3 is 9.47 Å². The molecule has 1 aromatic heterocycles. The van der Waals surface area contributed by atoms with Crippen LogP contribution >= 0.6 is 11.3 Å². The Balaban J connectivity index is 1.78. The minimum absolute atomic E-state index is 0.209. The van der Waals surface area contributed by atoms with E-state index in [0.717, 1.165) is 17.7 Å². The monoisotopic (exact) mass is 470 g/mol. The van der Waals surface area contributed by atoms with Gasteiger partial charge in [-0.25, -0.2) is 4.90 Å². The highest BCUT2D eigenvalue weighted by molar-refractivity contribution is 7.10. The fourth-order valence-electron chi connectivity index (χ4n) is 5.06. The summed E-state index contributed by atoms with van der Waals surface area (Å²) in [6, 6.07) is 10.4. The molecule has 4 atom stereocenters. The number of ether oxygens (including phenoxy) is 2. The van der Waals surface area contributed by atoms with Crippen molar-refractivity contribution in [2.75, 3.05) is 18.1 Å². The second-order valence-electron chi connectivity index (χ2n) is 8.38. The molecule has 8 heteroatoms. The number of fused-ring (bicyclic) bond motifs is 1. The molecule has 2 aliphatic rings. The van der Waals surface area contributed by atoms with Crippen LogP contribution in [0.4, 0.5) is 5.69 Å². The lowest BCUT2D eigenvalue weighted by molar-refractivity contribution is -0.155. The van der Waals surface area contributed by atoms with E-state index in [1.54, 1.807) is 31.2 Å². The zero-order valence-electron chi connectivity index (χ0n) is 19.2. The van der Waals surface area contributed by atoms with E-state index in [4.69, 9.17) is 9.47 Å². The lowest BCUT2D eigenvalue weighted by atomic mass is 9.77. The summed E-state index contributed by atoms with van der Waals surface area (Å²) < 4.78 is 11.0. The maximum Gasteiger partial charge on any atom is 0.327 e. The molecule has 1 aromatic carbocycles. The Bertz CT molecular complexity index is 1010. The highest BCUT2D eigenvalue weighted by Gasteiger charge is 2.68. The number of carbonyl (C=O) groups excluding carboxylic acids is 3. The number of hydrogen-bond donors (Lipinski definition) is 1. The van der Waals surface area contributed by atoms with Crippen LogP contribution in [0.3, 0.4) is 0 Å². The summed E-state index contributed by atoms with van der Waals surface area (Å²) >= 11 is 1.51. The average Bonchev–Trinajstić information content (AvgIpc) is 3.51. The fourth-order valence-corrected chi connectivity index (χ4v) is 5.89. The van der Waals surface area contributed by atoms with Crippen LogP contribution in [0.1, 0.15) is 51.0 Å². The van der Waals surface area contributed by atoms with Crippen LogP contribution in [-0.2, 0) is 19.1 Å². The van der Waals surface area contributed by atoms with Crippen molar-refractivity contribution in [3.63, 3.8) is 0 Å². The summed E-state index contributed by atoms with van der Waals surface area (Å²) in [5, 5.41) is 5.37. The van der Waals surface area contributed by atoms with Crippen molar-refractivity contribution in [1.82, 2.24) is 5.32 Å². The van der Waals surface area contributed by atoms with Crippen LogP contribution in [0.5, 0.6) is 5.75 Å². The van der Waals surface area contributed by atoms with E-state index in [0.29, 0.717) is 24.5 Å². The van der Waals surface area contributed by atoms with Crippen LogP contribution in [0.25, 0.3) is 0 Å². The van der Waals surface area contributed by atoms with E-state index in [2.05, 4.69) is 5.32 Å². The Kier molecular flexibility index (Phi) is 6.86. The van der Waals surface area contributed by atoms with Crippen molar-refractivity contribution < 1.29 is 23.9 Å². The van der Waals surface area contributed by atoms with E-state index < -0.39 is 29.4 Å². The molecule has 2 aromatic rings. The lowest BCUT2D eigenvalue weighted by Crippen LogP contribution is -2.56. The molecule has 0 saturated carbocycles. The number of nitrogens with zero attached hydrogens (tertiary/aromatic N) is 1. The van der Waals surface area contributed by atoms with E-state index in [-0.39, 0.29) is 18.4 Å². The molecule has 2 aliphatic heterocycles. The zero-order chi connectivity index (χ0) is 23.6. The summed E-state index contributed by atoms with van der Waals surface area (Å²) in [5.41, 5.74) is -0.751. The van der Waals surface area contributed by atoms with Gasteiger partial charge in [0.1, 0.15) is 11.3 Å². The predicted octanol–water partition coefficient (Wildman–Crippen LogP) is 4.09.